The number of hydrogen-bond donors (Lipinski definition) is 0. The van der Waals surface area contributed by atoms with Crippen molar-refractivity contribution in [3.8, 4) is 0 Å². The Labute approximate surface area is 104 Å². The lowest BCUT2D eigenvalue weighted by Crippen LogP contribution is -2.40. The molecular weight excluding hydrogens is 210 g/mol. The van der Waals surface area contributed by atoms with Gasteiger partial charge in [-0.15, -0.1) is 0 Å². The van der Waals surface area contributed by atoms with Gasteiger partial charge in [0.15, 0.2) is 0 Å². The van der Waals surface area contributed by atoms with E-state index in [-0.39, 0.29) is 0 Å². The molecule has 0 bridgehead atoms. The van der Waals surface area contributed by atoms with Crippen molar-refractivity contribution in [2.75, 3.05) is 19.6 Å². The minimum absolute atomic E-state index is 0.580. The van der Waals surface area contributed by atoms with Crippen molar-refractivity contribution in [1.29, 1.82) is 0 Å². The minimum Gasteiger partial charge on any atom is -0.333 e. The van der Waals surface area contributed by atoms with Crippen LogP contribution in [0.2, 0.25) is 0 Å². The Morgan fingerprint density at radius 2 is 2.29 bits per heavy atom. The topological polar surface area (TPSA) is 21.1 Å². The summed E-state index contributed by atoms with van der Waals surface area (Å²) in [5, 5.41) is 0. The van der Waals surface area contributed by atoms with Crippen LogP contribution in [0.15, 0.2) is 30.4 Å². The maximum absolute atomic E-state index is 4.16. The first kappa shape index (κ1) is 12.4. The van der Waals surface area contributed by atoms with E-state index < -0.39 is 0 Å². The lowest BCUT2D eigenvalue weighted by Gasteiger charge is -2.37. The molecule has 94 valence electrons. The third-order valence-corrected chi connectivity index (χ3v) is 3.67. The summed E-state index contributed by atoms with van der Waals surface area (Å²) in [6.07, 6.45) is 9.51. The molecule has 0 radical (unpaired) electrons. The monoisotopic (exact) mass is 233 g/mol. The summed E-state index contributed by atoms with van der Waals surface area (Å²) in [6, 6.07) is 0.580. The Kier molecular flexibility index (Phi) is 4.00. The number of likely N-dealkylation sites (tertiary alicyclic amines) is 1. The fourth-order valence-corrected chi connectivity index (χ4v) is 2.45. The standard InChI is InChI=1S/C14H23N3/c1-12(2)4-7-16-8-5-13(3)14(10-16)17-9-6-15-11-17/h4,6,9,11,13-14H,5,7-8,10H2,1-3H3. The Morgan fingerprint density at radius 3 is 2.94 bits per heavy atom. The molecule has 0 saturated carbocycles. The van der Waals surface area contributed by atoms with Crippen LogP contribution < -0.4 is 0 Å². The molecule has 1 aliphatic rings. The van der Waals surface area contributed by atoms with Crippen LogP contribution in [0.25, 0.3) is 0 Å². The van der Waals surface area contributed by atoms with E-state index in [1.165, 1.54) is 18.5 Å². The second-order valence-corrected chi connectivity index (χ2v) is 5.38. The van der Waals surface area contributed by atoms with Crippen LogP contribution in [0, 0.1) is 5.92 Å². The van der Waals surface area contributed by atoms with Gasteiger partial charge < -0.3 is 4.57 Å². The van der Waals surface area contributed by atoms with E-state index in [1.54, 1.807) is 0 Å². The van der Waals surface area contributed by atoms with Crippen LogP contribution in [0.4, 0.5) is 0 Å². The van der Waals surface area contributed by atoms with Gasteiger partial charge in [0, 0.05) is 31.5 Å². The number of hydrogen-bond acceptors (Lipinski definition) is 2. The van der Waals surface area contributed by atoms with E-state index in [0.29, 0.717) is 6.04 Å². The van der Waals surface area contributed by atoms with Gasteiger partial charge in [0.05, 0.1) is 6.33 Å². The third kappa shape index (κ3) is 3.19. The molecule has 0 spiro atoms. The smallest absolute Gasteiger partial charge is 0.0949 e. The number of piperidine rings is 1. The number of allylic oxidation sites excluding steroid dienone is 1. The van der Waals surface area contributed by atoms with Crippen LogP contribution in [-0.4, -0.2) is 34.1 Å². The fraction of sp³-hybridized carbons (Fsp3) is 0.643. The average Bonchev–Trinajstić information content (AvgIpc) is 2.81. The molecule has 1 aromatic heterocycles. The van der Waals surface area contributed by atoms with E-state index in [2.05, 4.69) is 47.5 Å². The minimum atomic E-state index is 0.580. The van der Waals surface area contributed by atoms with Crippen molar-refractivity contribution in [2.24, 2.45) is 5.92 Å². The summed E-state index contributed by atoms with van der Waals surface area (Å²) in [5.41, 5.74) is 1.41. The zero-order valence-electron chi connectivity index (χ0n) is 11.1. The first-order valence-corrected chi connectivity index (χ1v) is 6.50. The average molecular weight is 233 g/mol. The molecule has 0 N–H and O–H groups in total. The highest BCUT2D eigenvalue weighted by Crippen LogP contribution is 2.27. The highest BCUT2D eigenvalue weighted by molar-refractivity contribution is 4.97. The maximum Gasteiger partial charge on any atom is 0.0949 e. The quantitative estimate of drug-likeness (QED) is 0.749. The molecule has 3 nitrogen and oxygen atoms in total. The van der Waals surface area contributed by atoms with Crippen LogP contribution in [0.3, 0.4) is 0 Å². The Hall–Kier alpha value is -1.09. The molecule has 0 aromatic carbocycles. The van der Waals surface area contributed by atoms with Gasteiger partial charge in [-0.05, 0) is 32.7 Å². The molecule has 17 heavy (non-hydrogen) atoms. The van der Waals surface area contributed by atoms with Crippen molar-refractivity contribution in [3.63, 3.8) is 0 Å². The lowest BCUT2D eigenvalue weighted by molar-refractivity contribution is 0.144. The van der Waals surface area contributed by atoms with Gasteiger partial charge in [0.1, 0.15) is 0 Å². The van der Waals surface area contributed by atoms with E-state index in [0.717, 1.165) is 19.0 Å². The highest BCUT2D eigenvalue weighted by Gasteiger charge is 2.26. The lowest BCUT2D eigenvalue weighted by atomic mass is 9.93. The molecule has 0 aliphatic carbocycles. The summed E-state index contributed by atoms with van der Waals surface area (Å²) in [6.45, 7) is 10.1. The van der Waals surface area contributed by atoms with Crippen LogP contribution >= 0.6 is 0 Å². The second-order valence-electron chi connectivity index (χ2n) is 5.38. The molecule has 2 atom stereocenters. The molecule has 1 fully saturated rings. The first-order chi connectivity index (χ1) is 8.16. The van der Waals surface area contributed by atoms with Crippen LogP contribution in [-0.2, 0) is 0 Å². The van der Waals surface area contributed by atoms with Gasteiger partial charge in [-0.25, -0.2) is 4.98 Å². The van der Waals surface area contributed by atoms with Crippen molar-refractivity contribution in [3.05, 3.63) is 30.4 Å². The molecule has 1 aliphatic heterocycles. The molecule has 2 rings (SSSR count). The van der Waals surface area contributed by atoms with E-state index in [1.807, 2.05) is 12.5 Å². The van der Waals surface area contributed by atoms with Gasteiger partial charge in [-0.1, -0.05) is 18.6 Å². The molecule has 1 aromatic rings. The van der Waals surface area contributed by atoms with Gasteiger partial charge in [-0.3, -0.25) is 4.90 Å². The molecular formula is C14H23N3. The molecule has 2 heterocycles. The number of rotatable bonds is 3. The molecule has 3 heteroatoms. The predicted molar refractivity (Wildman–Crippen MR) is 70.9 cm³/mol. The third-order valence-electron chi connectivity index (χ3n) is 3.67. The molecule has 0 amide bonds. The maximum atomic E-state index is 4.16. The normalized spacial score (nSPS) is 25.8. The first-order valence-electron chi connectivity index (χ1n) is 6.50. The summed E-state index contributed by atoms with van der Waals surface area (Å²) in [4.78, 5) is 6.70. The van der Waals surface area contributed by atoms with E-state index in [9.17, 15) is 0 Å². The molecule has 1 saturated heterocycles. The second kappa shape index (κ2) is 5.50. The zero-order valence-corrected chi connectivity index (χ0v) is 11.1. The number of aromatic nitrogens is 2. The summed E-state index contributed by atoms with van der Waals surface area (Å²) < 4.78 is 2.26. The van der Waals surface area contributed by atoms with Crippen LogP contribution in [0.5, 0.6) is 0 Å². The van der Waals surface area contributed by atoms with Gasteiger partial charge in [-0.2, -0.15) is 0 Å². The molecule has 2 unspecified atom stereocenters. The number of nitrogens with zero attached hydrogens (tertiary/aromatic N) is 3. The fourth-order valence-electron chi connectivity index (χ4n) is 2.45. The Bertz CT molecular complexity index is 363. The summed E-state index contributed by atoms with van der Waals surface area (Å²) >= 11 is 0. The zero-order chi connectivity index (χ0) is 12.3. The van der Waals surface area contributed by atoms with E-state index >= 15 is 0 Å². The van der Waals surface area contributed by atoms with Crippen LogP contribution in [0.1, 0.15) is 33.2 Å². The van der Waals surface area contributed by atoms with Gasteiger partial charge in [0.25, 0.3) is 0 Å². The van der Waals surface area contributed by atoms with Crippen molar-refractivity contribution < 1.29 is 0 Å². The van der Waals surface area contributed by atoms with Crippen molar-refractivity contribution in [1.82, 2.24) is 14.5 Å². The Morgan fingerprint density at radius 1 is 1.47 bits per heavy atom. The number of imidazole rings is 1. The largest absolute Gasteiger partial charge is 0.333 e. The van der Waals surface area contributed by atoms with E-state index in [4.69, 9.17) is 0 Å². The Balaban J connectivity index is 1.99. The van der Waals surface area contributed by atoms with Gasteiger partial charge >= 0.3 is 0 Å². The summed E-state index contributed by atoms with van der Waals surface area (Å²) in [5.74, 6) is 0.743. The summed E-state index contributed by atoms with van der Waals surface area (Å²) in [7, 11) is 0. The highest BCUT2D eigenvalue weighted by atomic mass is 15.2. The SMILES string of the molecule is CC(C)=CCN1CCC(C)C(n2ccnc2)C1. The van der Waals surface area contributed by atoms with Crippen molar-refractivity contribution in [2.45, 2.75) is 33.2 Å². The van der Waals surface area contributed by atoms with Crippen molar-refractivity contribution >= 4 is 0 Å². The predicted octanol–water partition coefficient (Wildman–Crippen LogP) is 2.73. The van der Waals surface area contributed by atoms with Gasteiger partial charge in [0.2, 0.25) is 0 Å².